The molecule has 0 fully saturated rings. The zero-order valence-electron chi connectivity index (χ0n) is 8.99. The summed E-state index contributed by atoms with van der Waals surface area (Å²) in [5.74, 6) is -0.0314. The summed E-state index contributed by atoms with van der Waals surface area (Å²) in [7, 11) is 0. The fourth-order valence-corrected chi connectivity index (χ4v) is 1.89. The highest BCUT2D eigenvalue weighted by atomic mass is 32.2. The van der Waals surface area contributed by atoms with Crippen molar-refractivity contribution in [1.82, 2.24) is 9.97 Å². The molecule has 0 aliphatic heterocycles. The second kappa shape index (κ2) is 4.88. The van der Waals surface area contributed by atoms with Crippen molar-refractivity contribution in [1.29, 1.82) is 0 Å². The van der Waals surface area contributed by atoms with E-state index in [9.17, 15) is 0 Å². The van der Waals surface area contributed by atoms with Gasteiger partial charge in [-0.1, -0.05) is 11.2 Å². The van der Waals surface area contributed by atoms with E-state index in [1.807, 2.05) is 6.92 Å². The number of hydrogen-bond donors (Lipinski definition) is 2. The molecule has 2 aromatic heterocycles. The molecular weight excluding hydrogens is 240 g/mol. The van der Waals surface area contributed by atoms with Crippen molar-refractivity contribution < 1.29 is 9.62 Å². The summed E-state index contributed by atoms with van der Waals surface area (Å²) in [5.41, 5.74) is 6.66. The highest BCUT2D eigenvalue weighted by Gasteiger charge is 2.07. The van der Waals surface area contributed by atoms with Crippen LogP contribution in [0.15, 0.2) is 44.3 Å². The summed E-state index contributed by atoms with van der Waals surface area (Å²) >= 11 is 1.27. The quantitative estimate of drug-likeness (QED) is 0.372. The van der Waals surface area contributed by atoms with Crippen LogP contribution < -0.4 is 5.73 Å². The Morgan fingerprint density at radius 2 is 2.29 bits per heavy atom. The molecule has 88 valence electrons. The Kier molecular flexibility index (Phi) is 3.29. The van der Waals surface area contributed by atoms with Crippen LogP contribution in [0.4, 0.5) is 0 Å². The van der Waals surface area contributed by atoms with Crippen molar-refractivity contribution in [3.63, 3.8) is 0 Å². The second-order valence-corrected chi connectivity index (χ2v) is 4.17. The van der Waals surface area contributed by atoms with E-state index in [2.05, 4.69) is 15.1 Å². The minimum atomic E-state index is -0.0314. The smallest absolute Gasteiger partial charge is 0.262 e. The molecule has 6 nitrogen and oxygen atoms in total. The summed E-state index contributed by atoms with van der Waals surface area (Å²) in [6.07, 6.45) is 1.57. The number of nitrogens with zero attached hydrogens (tertiary/aromatic N) is 3. The SMILES string of the molecule is Cc1coc(Sc2cccc(/C(N)=N/O)n2)n1. The van der Waals surface area contributed by atoms with Crippen molar-refractivity contribution in [2.45, 2.75) is 17.2 Å². The van der Waals surface area contributed by atoms with Gasteiger partial charge < -0.3 is 15.4 Å². The maximum atomic E-state index is 8.56. The number of nitrogens with two attached hydrogens (primary N) is 1. The van der Waals surface area contributed by atoms with Gasteiger partial charge in [0.1, 0.15) is 17.0 Å². The molecule has 0 radical (unpaired) electrons. The Bertz CT molecular complexity index is 553. The Balaban J connectivity index is 2.22. The van der Waals surface area contributed by atoms with Crippen LogP contribution in [0.3, 0.4) is 0 Å². The lowest BCUT2D eigenvalue weighted by Gasteiger charge is -2.00. The molecule has 3 N–H and O–H groups in total. The van der Waals surface area contributed by atoms with E-state index < -0.39 is 0 Å². The minimum Gasteiger partial charge on any atom is -0.439 e. The maximum Gasteiger partial charge on any atom is 0.262 e. The van der Waals surface area contributed by atoms with Crippen molar-refractivity contribution in [3.8, 4) is 0 Å². The third-order valence-corrected chi connectivity index (χ3v) is 2.68. The van der Waals surface area contributed by atoms with Crippen LogP contribution >= 0.6 is 11.8 Å². The average Bonchev–Trinajstić information content (AvgIpc) is 2.74. The monoisotopic (exact) mass is 250 g/mol. The van der Waals surface area contributed by atoms with Gasteiger partial charge in [-0.25, -0.2) is 9.97 Å². The lowest BCUT2D eigenvalue weighted by Crippen LogP contribution is -2.14. The number of aryl methyl sites for hydroxylation is 1. The van der Waals surface area contributed by atoms with E-state index >= 15 is 0 Å². The summed E-state index contributed by atoms with van der Waals surface area (Å²) in [6.45, 7) is 1.84. The van der Waals surface area contributed by atoms with Gasteiger partial charge in [0.25, 0.3) is 5.22 Å². The molecule has 0 aromatic carbocycles. The molecule has 0 spiro atoms. The number of hydrogen-bond acceptors (Lipinski definition) is 6. The average molecular weight is 250 g/mol. The van der Waals surface area contributed by atoms with E-state index in [-0.39, 0.29) is 5.84 Å². The third-order valence-electron chi connectivity index (χ3n) is 1.88. The molecule has 0 aliphatic carbocycles. The zero-order valence-corrected chi connectivity index (χ0v) is 9.81. The van der Waals surface area contributed by atoms with Crippen LogP contribution in [0.25, 0.3) is 0 Å². The first-order chi connectivity index (χ1) is 8.19. The van der Waals surface area contributed by atoms with Gasteiger partial charge >= 0.3 is 0 Å². The van der Waals surface area contributed by atoms with Crippen LogP contribution in [0.5, 0.6) is 0 Å². The van der Waals surface area contributed by atoms with E-state index in [1.54, 1.807) is 24.5 Å². The fraction of sp³-hybridized carbons (Fsp3) is 0.100. The van der Waals surface area contributed by atoms with Crippen LogP contribution in [0.2, 0.25) is 0 Å². The van der Waals surface area contributed by atoms with Gasteiger partial charge in [0.2, 0.25) is 0 Å². The topological polar surface area (TPSA) is 97.5 Å². The number of pyridine rings is 1. The number of oxazole rings is 1. The van der Waals surface area contributed by atoms with E-state index in [0.717, 1.165) is 5.69 Å². The second-order valence-electron chi connectivity index (χ2n) is 3.20. The molecule has 0 aliphatic rings. The Labute approximate surface area is 102 Å². The number of aromatic nitrogens is 2. The molecule has 17 heavy (non-hydrogen) atoms. The van der Waals surface area contributed by atoms with Crippen LogP contribution in [0, 0.1) is 6.92 Å². The van der Waals surface area contributed by atoms with E-state index in [4.69, 9.17) is 15.4 Å². The molecule has 0 saturated heterocycles. The number of rotatable bonds is 3. The third kappa shape index (κ3) is 2.76. The van der Waals surface area contributed by atoms with Crippen molar-refractivity contribution in [2.24, 2.45) is 10.9 Å². The van der Waals surface area contributed by atoms with Crippen LogP contribution in [0.1, 0.15) is 11.4 Å². The Morgan fingerprint density at radius 3 is 2.94 bits per heavy atom. The normalized spacial score (nSPS) is 11.7. The minimum absolute atomic E-state index is 0.0314. The summed E-state index contributed by atoms with van der Waals surface area (Å²) in [5, 5.41) is 12.6. The molecule has 2 rings (SSSR count). The molecule has 2 heterocycles. The molecular formula is C10H10N4O2S. The van der Waals surface area contributed by atoms with E-state index in [0.29, 0.717) is 15.9 Å². The first-order valence-electron chi connectivity index (χ1n) is 4.74. The van der Waals surface area contributed by atoms with Gasteiger partial charge in [-0.05, 0) is 30.8 Å². The van der Waals surface area contributed by atoms with Crippen LogP contribution in [-0.2, 0) is 0 Å². The van der Waals surface area contributed by atoms with Gasteiger partial charge in [-0.15, -0.1) is 0 Å². The molecule has 0 bridgehead atoms. The standard InChI is InChI=1S/C10H10N4O2S/c1-6-5-16-10(12-6)17-8-4-2-3-7(13-8)9(11)14-15/h2-5,15H,1H3,(H2,11,14). The molecule has 0 saturated carbocycles. The van der Waals surface area contributed by atoms with Crippen molar-refractivity contribution in [2.75, 3.05) is 0 Å². The number of amidine groups is 1. The molecule has 0 unspecified atom stereocenters. The van der Waals surface area contributed by atoms with Crippen LogP contribution in [-0.4, -0.2) is 21.0 Å². The predicted molar refractivity (Wildman–Crippen MR) is 62.1 cm³/mol. The van der Waals surface area contributed by atoms with Crippen molar-refractivity contribution >= 4 is 17.6 Å². The van der Waals surface area contributed by atoms with E-state index in [1.165, 1.54) is 11.8 Å². The molecule has 0 amide bonds. The zero-order chi connectivity index (χ0) is 12.3. The fourth-order valence-electron chi connectivity index (χ4n) is 1.13. The first-order valence-corrected chi connectivity index (χ1v) is 5.55. The Hall–Kier alpha value is -2.02. The summed E-state index contributed by atoms with van der Waals surface area (Å²) in [4.78, 5) is 8.34. The predicted octanol–water partition coefficient (Wildman–Crippen LogP) is 1.62. The van der Waals surface area contributed by atoms with Gasteiger partial charge in [0.05, 0.1) is 5.69 Å². The number of oxime groups is 1. The Morgan fingerprint density at radius 1 is 1.47 bits per heavy atom. The molecule has 2 aromatic rings. The lowest BCUT2D eigenvalue weighted by atomic mass is 10.3. The molecule has 7 heteroatoms. The largest absolute Gasteiger partial charge is 0.439 e. The van der Waals surface area contributed by atoms with Gasteiger partial charge in [0.15, 0.2) is 5.84 Å². The van der Waals surface area contributed by atoms with Crippen molar-refractivity contribution in [3.05, 3.63) is 35.9 Å². The lowest BCUT2D eigenvalue weighted by molar-refractivity contribution is 0.318. The summed E-state index contributed by atoms with van der Waals surface area (Å²) in [6, 6.07) is 5.21. The highest BCUT2D eigenvalue weighted by Crippen LogP contribution is 2.24. The molecule has 0 atom stereocenters. The van der Waals surface area contributed by atoms with Gasteiger partial charge in [-0.3, -0.25) is 0 Å². The first kappa shape index (κ1) is 11.5. The summed E-state index contributed by atoms with van der Waals surface area (Å²) < 4.78 is 5.20. The highest BCUT2D eigenvalue weighted by molar-refractivity contribution is 7.99. The van der Waals surface area contributed by atoms with Gasteiger partial charge in [-0.2, -0.15) is 0 Å². The maximum absolute atomic E-state index is 8.56. The van der Waals surface area contributed by atoms with Gasteiger partial charge in [0, 0.05) is 0 Å².